The molecule has 0 spiro atoms. The van der Waals surface area contributed by atoms with Gasteiger partial charge in [-0.3, -0.25) is 0 Å². The molecule has 0 aliphatic rings. The molecule has 0 aliphatic heterocycles. The van der Waals surface area contributed by atoms with Gasteiger partial charge in [-0.15, -0.1) is 0 Å². The first-order valence-electron chi connectivity index (χ1n) is 23.1. The largest absolute Gasteiger partial charge is 0.530 e. The maximum absolute atomic E-state index is 7.23. The van der Waals surface area contributed by atoms with Crippen molar-refractivity contribution in [1.29, 1.82) is 0 Å². The van der Waals surface area contributed by atoms with Crippen molar-refractivity contribution in [2.75, 3.05) is 0 Å². The standard InChI is InChI=1S/C56H71O3P/c1-13-36(7)44-28-46-32-51(40(11)17-5)55(34-53(46)49(30-44)38(9)15-3)58-60(57-48-26-24-43(25-27-48)42-22-20-19-21-23-42)59-56-35-54-47(33-52(56)41(12)18-6)29-45(37(8)14-2)31-50(54)39(10)16-4/h19-41H,13-18H2,1-12H3. The second-order valence-electron chi connectivity index (χ2n) is 17.7. The van der Waals surface area contributed by atoms with Gasteiger partial charge in [0.25, 0.3) is 0 Å². The van der Waals surface area contributed by atoms with E-state index in [4.69, 9.17) is 13.6 Å². The van der Waals surface area contributed by atoms with Crippen LogP contribution in [-0.2, 0) is 0 Å². The lowest BCUT2D eigenvalue weighted by Gasteiger charge is -2.26. The normalized spacial score (nSPS) is 15.3. The molecule has 318 valence electrons. The van der Waals surface area contributed by atoms with Crippen LogP contribution in [0.2, 0.25) is 0 Å². The number of hydrogen-bond acceptors (Lipinski definition) is 3. The first-order chi connectivity index (χ1) is 28.9. The highest BCUT2D eigenvalue weighted by molar-refractivity contribution is 7.43. The van der Waals surface area contributed by atoms with Gasteiger partial charge in [-0.2, -0.15) is 0 Å². The Kier molecular flexibility index (Phi) is 15.4. The smallest absolute Gasteiger partial charge is 0.409 e. The molecule has 3 nitrogen and oxygen atoms in total. The molecule has 0 bridgehead atoms. The summed E-state index contributed by atoms with van der Waals surface area (Å²) in [6, 6.07) is 38.0. The number of hydrogen-bond donors (Lipinski definition) is 0. The third-order valence-corrected chi connectivity index (χ3v) is 14.7. The van der Waals surface area contributed by atoms with E-state index in [-0.39, 0.29) is 11.8 Å². The van der Waals surface area contributed by atoms with Crippen LogP contribution in [0.5, 0.6) is 17.2 Å². The molecule has 6 aromatic rings. The molecule has 0 heterocycles. The summed E-state index contributed by atoms with van der Waals surface area (Å²) in [5.41, 5.74) is 10.3. The summed E-state index contributed by atoms with van der Waals surface area (Å²) in [4.78, 5) is 0. The van der Waals surface area contributed by atoms with Crippen molar-refractivity contribution in [3.8, 4) is 28.4 Å². The van der Waals surface area contributed by atoms with Crippen LogP contribution in [0.25, 0.3) is 32.7 Å². The van der Waals surface area contributed by atoms with Gasteiger partial charge < -0.3 is 13.6 Å². The zero-order valence-corrected chi connectivity index (χ0v) is 39.6. The Labute approximate surface area is 364 Å². The minimum Gasteiger partial charge on any atom is -0.409 e. The summed E-state index contributed by atoms with van der Waals surface area (Å²) < 4.78 is 21.4. The van der Waals surface area contributed by atoms with Crippen LogP contribution in [0.1, 0.15) is 190 Å². The molecule has 60 heavy (non-hydrogen) atoms. The van der Waals surface area contributed by atoms with E-state index in [0.29, 0.717) is 23.7 Å². The summed E-state index contributed by atoms with van der Waals surface area (Å²) >= 11 is 0. The fraction of sp³-hybridized carbons (Fsp3) is 0.429. The van der Waals surface area contributed by atoms with Crippen molar-refractivity contribution in [3.63, 3.8) is 0 Å². The van der Waals surface area contributed by atoms with E-state index in [1.165, 1.54) is 60.5 Å². The van der Waals surface area contributed by atoms with Gasteiger partial charge in [0.2, 0.25) is 0 Å². The first-order valence-corrected chi connectivity index (χ1v) is 24.2. The van der Waals surface area contributed by atoms with Crippen LogP contribution < -0.4 is 13.6 Å². The van der Waals surface area contributed by atoms with Crippen molar-refractivity contribution in [2.45, 2.75) is 157 Å². The fourth-order valence-electron chi connectivity index (χ4n) is 8.23. The minimum absolute atomic E-state index is 0.278. The van der Waals surface area contributed by atoms with Crippen molar-refractivity contribution in [2.24, 2.45) is 0 Å². The highest BCUT2D eigenvalue weighted by atomic mass is 31.2. The van der Waals surface area contributed by atoms with Gasteiger partial charge >= 0.3 is 8.60 Å². The molecular formula is C56H71O3P. The Morgan fingerprint density at radius 3 is 1.17 bits per heavy atom. The predicted octanol–water partition coefficient (Wildman–Crippen LogP) is 18.5. The van der Waals surface area contributed by atoms with Crippen molar-refractivity contribution in [1.82, 2.24) is 0 Å². The monoisotopic (exact) mass is 823 g/mol. The lowest BCUT2D eigenvalue weighted by atomic mass is 9.85. The second-order valence-corrected chi connectivity index (χ2v) is 18.7. The molecule has 0 N–H and O–H groups in total. The van der Waals surface area contributed by atoms with E-state index in [9.17, 15) is 0 Å². The van der Waals surface area contributed by atoms with Crippen LogP contribution in [-0.4, -0.2) is 0 Å². The SMILES string of the molecule is CCC(C)c1cc(C(C)CC)c2cc(OP(Oc3ccc(-c4ccccc4)cc3)Oc3cc4c(C(C)CC)cc(C(C)CC)cc4cc3C(C)CC)c(C(C)CC)cc2c1. The van der Waals surface area contributed by atoms with Crippen LogP contribution in [0.15, 0.2) is 103 Å². The highest BCUT2D eigenvalue weighted by Gasteiger charge is 2.28. The Hall–Kier alpha value is -4.33. The number of fused-ring (bicyclic) bond motifs is 2. The zero-order chi connectivity index (χ0) is 43.1. The van der Waals surface area contributed by atoms with E-state index in [0.717, 1.165) is 61.3 Å². The number of benzene rings is 6. The lowest BCUT2D eigenvalue weighted by molar-refractivity contribution is 0.383. The van der Waals surface area contributed by atoms with Gasteiger partial charge in [-0.1, -0.05) is 150 Å². The van der Waals surface area contributed by atoms with E-state index in [2.05, 4.69) is 174 Å². The second kappa shape index (κ2) is 20.5. The highest BCUT2D eigenvalue weighted by Crippen LogP contribution is 2.50. The van der Waals surface area contributed by atoms with Crippen LogP contribution >= 0.6 is 8.60 Å². The molecule has 0 aliphatic carbocycles. The molecule has 0 aromatic heterocycles. The van der Waals surface area contributed by atoms with Crippen LogP contribution in [0.3, 0.4) is 0 Å². The predicted molar refractivity (Wildman–Crippen MR) is 261 cm³/mol. The van der Waals surface area contributed by atoms with Gasteiger partial charge in [-0.25, -0.2) is 0 Å². The molecule has 0 amide bonds. The van der Waals surface area contributed by atoms with Gasteiger partial charge in [-0.05, 0) is 176 Å². The zero-order valence-electron chi connectivity index (χ0n) is 38.7. The van der Waals surface area contributed by atoms with Gasteiger partial charge in [0.15, 0.2) is 0 Å². The summed E-state index contributed by atoms with van der Waals surface area (Å²) in [5, 5.41) is 5.08. The third kappa shape index (κ3) is 10.1. The summed E-state index contributed by atoms with van der Waals surface area (Å²) in [6.07, 6.45) is 6.34. The molecule has 6 rings (SSSR count). The average Bonchev–Trinajstić information content (AvgIpc) is 3.29. The topological polar surface area (TPSA) is 27.7 Å². The molecule has 4 heteroatoms. The Balaban J connectivity index is 1.53. The first kappa shape index (κ1) is 45.2. The van der Waals surface area contributed by atoms with E-state index >= 15 is 0 Å². The molecule has 0 saturated carbocycles. The molecule has 0 saturated heterocycles. The number of rotatable bonds is 19. The minimum atomic E-state index is -1.95. The van der Waals surface area contributed by atoms with Crippen molar-refractivity contribution in [3.05, 3.63) is 137 Å². The molecule has 6 unspecified atom stereocenters. The third-order valence-electron chi connectivity index (χ3n) is 13.7. The Morgan fingerprint density at radius 1 is 0.383 bits per heavy atom. The van der Waals surface area contributed by atoms with E-state index in [1.54, 1.807) is 0 Å². The van der Waals surface area contributed by atoms with Gasteiger partial charge in [0, 0.05) is 0 Å². The maximum Gasteiger partial charge on any atom is 0.530 e. The van der Waals surface area contributed by atoms with Crippen LogP contribution in [0, 0.1) is 0 Å². The summed E-state index contributed by atoms with van der Waals surface area (Å²) in [5.74, 6) is 4.76. The van der Waals surface area contributed by atoms with Crippen LogP contribution in [0.4, 0.5) is 0 Å². The fourth-order valence-corrected chi connectivity index (χ4v) is 9.27. The average molecular weight is 823 g/mol. The maximum atomic E-state index is 7.23. The molecule has 0 fully saturated rings. The molecule has 6 aromatic carbocycles. The molecule has 6 atom stereocenters. The molecular weight excluding hydrogens is 752 g/mol. The quantitative estimate of drug-likeness (QED) is 0.0762. The van der Waals surface area contributed by atoms with Crippen molar-refractivity contribution >= 4 is 30.1 Å². The lowest BCUT2D eigenvalue weighted by Crippen LogP contribution is -2.08. The summed E-state index contributed by atoms with van der Waals surface area (Å²) in [7, 11) is -1.95. The Bertz CT molecular complexity index is 2210. The van der Waals surface area contributed by atoms with Gasteiger partial charge in [0.1, 0.15) is 17.2 Å². The van der Waals surface area contributed by atoms with Crippen molar-refractivity contribution < 1.29 is 13.6 Å². The van der Waals surface area contributed by atoms with Gasteiger partial charge in [0.05, 0.1) is 0 Å². The molecule has 0 radical (unpaired) electrons. The Morgan fingerprint density at radius 2 is 0.767 bits per heavy atom. The summed E-state index contributed by atoms with van der Waals surface area (Å²) in [6.45, 7) is 27.7. The van der Waals surface area contributed by atoms with E-state index < -0.39 is 8.60 Å². The van der Waals surface area contributed by atoms with E-state index in [1.807, 2.05) is 12.1 Å².